The first-order valence-corrected chi connectivity index (χ1v) is 5.52. The third-order valence-corrected chi connectivity index (χ3v) is 2.50. The van der Waals surface area contributed by atoms with Gasteiger partial charge in [0.05, 0.1) is 13.2 Å². The second kappa shape index (κ2) is 6.20. The highest BCUT2D eigenvalue weighted by atomic mass is 19.4. The predicted molar refractivity (Wildman–Crippen MR) is 55.4 cm³/mol. The number of rotatable bonds is 4. The molecule has 6 nitrogen and oxygen atoms in total. The van der Waals surface area contributed by atoms with Crippen molar-refractivity contribution in [2.24, 2.45) is 0 Å². The zero-order chi connectivity index (χ0) is 14.6. The zero-order valence-electron chi connectivity index (χ0n) is 10.1. The molecule has 0 saturated carbocycles. The molecule has 1 amide bonds. The number of nitrogens with zero attached hydrogens (tertiary/aromatic N) is 1. The molecule has 0 spiro atoms. The van der Waals surface area contributed by atoms with Crippen molar-refractivity contribution in [3.8, 4) is 0 Å². The fourth-order valence-electron chi connectivity index (χ4n) is 1.55. The maximum absolute atomic E-state index is 11.9. The number of carboxylic acid groups (broad SMARTS) is 1. The van der Waals surface area contributed by atoms with Crippen molar-refractivity contribution in [1.82, 2.24) is 4.90 Å². The average molecular weight is 285 g/mol. The summed E-state index contributed by atoms with van der Waals surface area (Å²) in [7, 11) is 0. The summed E-state index contributed by atoms with van der Waals surface area (Å²) in [6.45, 7) is -0.378. The Balaban J connectivity index is 2.49. The molecular weight excluding hydrogens is 271 g/mol. The number of ether oxygens (including phenoxy) is 2. The molecule has 0 aromatic heterocycles. The second-order valence-corrected chi connectivity index (χ2v) is 4.05. The van der Waals surface area contributed by atoms with Crippen molar-refractivity contribution in [1.29, 1.82) is 0 Å². The number of carbonyl (C=O) groups excluding carboxylic acids is 1. The Morgan fingerprint density at radius 2 is 2.16 bits per heavy atom. The molecule has 1 aliphatic rings. The van der Waals surface area contributed by atoms with E-state index >= 15 is 0 Å². The topological polar surface area (TPSA) is 76.1 Å². The smallest absolute Gasteiger partial charge is 0.411 e. The zero-order valence-corrected chi connectivity index (χ0v) is 10.1. The quantitative estimate of drug-likeness (QED) is 0.802. The van der Waals surface area contributed by atoms with Gasteiger partial charge in [-0.2, -0.15) is 13.2 Å². The molecule has 0 unspecified atom stereocenters. The molecule has 0 aliphatic carbocycles. The van der Waals surface area contributed by atoms with Crippen LogP contribution in [0.3, 0.4) is 0 Å². The number of hydrogen-bond acceptors (Lipinski definition) is 4. The van der Waals surface area contributed by atoms with Crippen LogP contribution in [-0.4, -0.2) is 66.6 Å². The Morgan fingerprint density at radius 1 is 1.53 bits per heavy atom. The molecule has 1 heterocycles. The molecule has 9 heteroatoms. The first-order valence-electron chi connectivity index (χ1n) is 5.52. The van der Waals surface area contributed by atoms with Gasteiger partial charge < -0.3 is 19.5 Å². The Bertz CT molecular complexity index is 347. The van der Waals surface area contributed by atoms with E-state index in [-0.39, 0.29) is 19.7 Å². The lowest BCUT2D eigenvalue weighted by Crippen LogP contribution is -2.51. The van der Waals surface area contributed by atoms with E-state index in [0.717, 1.165) is 4.90 Å². The van der Waals surface area contributed by atoms with Gasteiger partial charge in [0.25, 0.3) is 5.91 Å². The van der Waals surface area contributed by atoms with Gasteiger partial charge in [-0.15, -0.1) is 0 Å². The van der Waals surface area contributed by atoms with Gasteiger partial charge in [-0.25, -0.2) is 4.79 Å². The average Bonchev–Trinajstić information content (AvgIpc) is 2.34. The van der Waals surface area contributed by atoms with Crippen molar-refractivity contribution in [2.75, 3.05) is 26.3 Å². The van der Waals surface area contributed by atoms with E-state index in [1.807, 2.05) is 0 Å². The molecule has 0 bridgehead atoms. The molecule has 0 aromatic rings. The van der Waals surface area contributed by atoms with Gasteiger partial charge in [-0.3, -0.25) is 4.79 Å². The van der Waals surface area contributed by atoms with Crippen LogP contribution in [0, 0.1) is 0 Å². The Kier molecular flexibility index (Phi) is 5.12. The highest BCUT2D eigenvalue weighted by Gasteiger charge is 2.34. The highest BCUT2D eigenvalue weighted by Crippen LogP contribution is 2.16. The Labute approximate surface area is 107 Å². The van der Waals surface area contributed by atoms with Crippen LogP contribution in [0.5, 0.6) is 0 Å². The van der Waals surface area contributed by atoms with Gasteiger partial charge in [-0.1, -0.05) is 0 Å². The second-order valence-electron chi connectivity index (χ2n) is 4.05. The van der Waals surface area contributed by atoms with Gasteiger partial charge in [-0.05, 0) is 6.92 Å². The van der Waals surface area contributed by atoms with Crippen molar-refractivity contribution >= 4 is 11.9 Å². The summed E-state index contributed by atoms with van der Waals surface area (Å²) < 4.78 is 45.1. The van der Waals surface area contributed by atoms with E-state index in [9.17, 15) is 22.8 Å². The van der Waals surface area contributed by atoms with Crippen LogP contribution < -0.4 is 0 Å². The third kappa shape index (κ3) is 5.03. The fourth-order valence-corrected chi connectivity index (χ4v) is 1.55. The third-order valence-electron chi connectivity index (χ3n) is 2.50. The highest BCUT2D eigenvalue weighted by molar-refractivity contribution is 5.82. The number of alkyl halides is 3. The number of morpholine rings is 1. The number of carboxylic acids is 1. The van der Waals surface area contributed by atoms with Crippen LogP contribution in [0.4, 0.5) is 13.2 Å². The minimum atomic E-state index is -4.51. The molecule has 1 N–H and O–H groups in total. The molecule has 1 fully saturated rings. The lowest BCUT2D eigenvalue weighted by molar-refractivity contribution is -0.190. The molecule has 19 heavy (non-hydrogen) atoms. The van der Waals surface area contributed by atoms with Crippen molar-refractivity contribution in [3.63, 3.8) is 0 Å². The number of aliphatic carboxylic acids is 1. The van der Waals surface area contributed by atoms with Crippen LogP contribution in [0.2, 0.25) is 0 Å². The van der Waals surface area contributed by atoms with E-state index in [4.69, 9.17) is 9.84 Å². The minimum Gasteiger partial charge on any atom is -0.479 e. The van der Waals surface area contributed by atoms with E-state index in [0.29, 0.717) is 0 Å². The number of halogens is 3. The molecule has 110 valence electrons. The number of hydrogen-bond donors (Lipinski definition) is 1. The summed E-state index contributed by atoms with van der Waals surface area (Å²) in [5.41, 5.74) is 0. The van der Waals surface area contributed by atoms with Gasteiger partial charge in [0.1, 0.15) is 12.7 Å². The Hall–Kier alpha value is -1.35. The first-order chi connectivity index (χ1) is 8.70. The normalized spacial score (nSPS) is 22.1. The van der Waals surface area contributed by atoms with Crippen LogP contribution >= 0.6 is 0 Å². The SMILES string of the molecule is C[C@@H](OCC(F)(F)F)C(=O)N1CCO[C@H](C(=O)O)C1. The largest absolute Gasteiger partial charge is 0.479 e. The lowest BCUT2D eigenvalue weighted by Gasteiger charge is -2.32. The van der Waals surface area contributed by atoms with E-state index in [1.54, 1.807) is 0 Å². The fraction of sp³-hybridized carbons (Fsp3) is 0.800. The number of carbonyl (C=O) groups is 2. The summed E-state index contributed by atoms with van der Waals surface area (Å²) in [5, 5.41) is 8.74. The molecule has 0 radical (unpaired) electrons. The van der Waals surface area contributed by atoms with E-state index in [2.05, 4.69) is 4.74 Å². The van der Waals surface area contributed by atoms with Crippen molar-refractivity contribution < 1.29 is 37.3 Å². The van der Waals surface area contributed by atoms with E-state index in [1.165, 1.54) is 6.92 Å². The summed E-state index contributed by atoms with van der Waals surface area (Å²) in [6, 6.07) is 0. The summed E-state index contributed by atoms with van der Waals surface area (Å²) in [6.07, 6.45) is -6.95. The van der Waals surface area contributed by atoms with Crippen LogP contribution in [-0.2, 0) is 19.1 Å². The van der Waals surface area contributed by atoms with Crippen molar-refractivity contribution in [3.05, 3.63) is 0 Å². The van der Waals surface area contributed by atoms with Crippen LogP contribution in [0.25, 0.3) is 0 Å². The summed E-state index contributed by atoms with van der Waals surface area (Å²) in [4.78, 5) is 23.6. The van der Waals surface area contributed by atoms with Gasteiger partial charge in [0.15, 0.2) is 6.10 Å². The van der Waals surface area contributed by atoms with Gasteiger partial charge in [0, 0.05) is 6.54 Å². The van der Waals surface area contributed by atoms with E-state index < -0.39 is 36.9 Å². The number of amides is 1. The Morgan fingerprint density at radius 3 is 2.68 bits per heavy atom. The van der Waals surface area contributed by atoms with Gasteiger partial charge >= 0.3 is 12.1 Å². The van der Waals surface area contributed by atoms with Gasteiger partial charge in [0.2, 0.25) is 0 Å². The molecule has 0 aromatic carbocycles. The standard InChI is InChI=1S/C10H14F3NO5/c1-6(19-5-10(11,12)13)8(15)14-2-3-18-7(4-14)9(16)17/h6-7H,2-5H2,1H3,(H,16,17)/t6-,7+/m1/s1. The maximum Gasteiger partial charge on any atom is 0.411 e. The minimum absolute atomic E-state index is 0.0225. The molecule has 1 rings (SSSR count). The maximum atomic E-state index is 11.9. The van der Waals surface area contributed by atoms with Crippen molar-refractivity contribution in [2.45, 2.75) is 25.3 Å². The molecule has 2 atom stereocenters. The van der Waals surface area contributed by atoms with Crippen LogP contribution in [0.15, 0.2) is 0 Å². The van der Waals surface area contributed by atoms with Crippen LogP contribution in [0.1, 0.15) is 6.92 Å². The first kappa shape index (κ1) is 15.7. The predicted octanol–water partition coefficient (Wildman–Crippen LogP) is 0.266. The molecule has 1 aliphatic heterocycles. The molecular formula is C10H14F3NO5. The molecule has 1 saturated heterocycles. The monoisotopic (exact) mass is 285 g/mol. The summed E-state index contributed by atoms with van der Waals surface area (Å²) >= 11 is 0. The summed E-state index contributed by atoms with van der Waals surface area (Å²) in [5.74, 6) is -1.90. The lowest BCUT2D eigenvalue weighted by atomic mass is 10.2.